The van der Waals surface area contributed by atoms with Crippen molar-refractivity contribution in [2.24, 2.45) is 7.05 Å². The summed E-state index contributed by atoms with van der Waals surface area (Å²) in [6.07, 6.45) is 0. The van der Waals surface area contributed by atoms with Crippen molar-refractivity contribution in [2.45, 2.75) is 13.0 Å². The highest BCUT2D eigenvalue weighted by Gasteiger charge is 2.19. The molecular weight excluding hydrogens is 265 g/mol. The van der Waals surface area contributed by atoms with Crippen LogP contribution >= 0.6 is 0 Å². The van der Waals surface area contributed by atoms with Crippen molar-refractivity contribution >= 4 is 10.9 Å². The summed E-state index contributed by atoms with van der Waals surface area (Å²) in [4.78, 5) is 0. The van der Waals surface area contributed by atoms with E-state index in [4.69, 9.17) is 0 Å². The van der Waals surface area contributed by atoms with Gasteiger partial charge in [0.15, 0.2) is 0 Å². The van der Waals surface area contributed by atoms with E-state index < -0.39 is 0 Å². The van der Waals surface area contributed by atoms with Crippen molar-refractivity contribution in [3.05, 3.63) is 65.6 Å². The molecule has 0 aliphatic heterocycles. The first-order valence-electron chi connectivity index (χ1n) is 7.11. The first-order chi connectivity index (χ1) is 10.2. The van der Waals surface area contributed by atoms with Crippen LogP contribution in [0.5, 0.6) is 0 Å². The molecule has 1 heterocycles. The van der Waals surface area contributed by atoms with Gasteiger partial charge in [0.1, 0.15) is 5.82 Å². The van der Waals surface area contributed by atoms with Crippen molar-refractivity contribution in [1.29, 1.82) is 0 Å². The molecule has 4 heteroatoms. The summed E-state index contributed by atoms with van der Waals surface area (Å²) in [5, 5.41) is 9.23. The van der Waals surface area contributed by atoms with Gasteiger partial charge in [-0.15, -0.1) is 0 Å². The number of aryl methyl sites for hydroxylation is 1. The number of halogens is 1. The van der Waals surface area contributed by atoms with Gasteiger partial charge in [-0.05, 0) is 30.3 Å². The van der Waals surface area contributed by atoms with Gasteiger partial charge in [-0.1, -0.05) is 37.3 Å². The van der Waals surface area contributed by atoms with Crippen LogP contribution in [0.25, 0.3) is 10.9 Å². The SMILES string of the molecule is CCNC(c1ccc(F)cc1)c1nn(C)c2ccccc12. The smallest absolute Gasteiger partial charge is 0.123 e. The second-order valence-electron chi connectivity index (χ2n) is 5.07. The molecule has 0 aliphatic carbocycles. The predicted octanol–water partition coefficient (Wildman–Crippen LogP) is 3.41. The summed E-state index contributed by atoms with van der Waals surface area (Å²) in [5.74, 6) is -0.222. The Morgan fingerprint density at radius 1 is 1.14 bits per heavy atom. The zero-order chi connectivity index (χ0) is 14.8. The topological polar surface area (TPSA) is 29.9 Å². The molecule has 1 unspecified atom stereocenters. The molecule has 0 fully saturated rings. The molecule has 0 radical (unpaired) electrons. The lowest BCUT2D eigenvalue weighted by Crippen LogP contribution is -2.22. The Kier molecular flexibility index (Phi) is 3.71. The summed E-state index contributed by atoms with van der Waals surface area (Å²) in [7, 11) is 1.94. The molecule has 3 rings (SSSR count). The lowest BCUT2D eigenvalue weighted by Gasteiger charge is -2.16. The molecule has 2 aromatic carbocycles. The molecule has 0 saturated carbocycles. The lowest BCUT2D eigenvalue weighted by atomic mass is 10.0. The predicted molar refractivity (Wildman–Crippen MR) is 82.6 cm³/mol. The van der Waals surface area contributed by atoms with E-state index in [9.17, 15) is 4.39 Å². The average Bonchev–Trinajstić information content (AvgIpc) is 2.84. The third-order valence-corrected chi connectivity index (χ3v) is 3.67. The van der Waals surface area contributed by atoms with Gasteiger partial charge >= 0.3 is 0 Å². The summed E-state index contributed by atoms with van der Waals surface area (Å²) in [6, 6.07) is 14.7. The fourth-order valence-electron chi connectivity index (χ4n) is 2.69. The highest BCUT2D eigenvalue weighted by molar-refractivity contribution is 5.82. The standard InChI is InChI=1S/C17H18FN3/c1-3-19-16(12-8-10-13(18)11-9-12)17-14-6-4-5-7-15(14)21(2)20-17/h4-11,16,19H,3H2,1-2H3. The first kappa shape index (κ1) is 13.8. The zero-order valence-corrected chi connectivity index (χ0v) is 12.2. The number of aromatic nitrogens is 2. The minimum atomic E-state index is -0.222. The van der Waals surface area contributed by atoms with Gasteiger partial charge in [0.2, 0.25) is 0 Å². The van der Waals surface area contributed by atoms with Gasteiger partial charge < -0.3 is 5.32 Å². The maximum absolute atomic E-state index is 13.2. The van der Waals surface area contributed by atoms with Crippen molar-refractivity contribution in [3.8, 4) is 0 Å². The van der Waals surface area contributed by atoms with Crippen LogP contribution in [0.2, 0.25) is 0 Å². The van der Waals surface area contributed by atoms with Crippen LogP contribution in [0, 0.1) is 5.82 Å². The minimum Gasteiger partial charge on any atom is -0.305 e. The molecule has 0 aliphatic rings. The zero-order valence-electron chi connectivity index (χ0n) is 12.2. The molecule has 3 aromatic rings. The number of nitrogens with one attached hydrogen (secondary N) is 1. The number of fused-ring (bicyclic) bond motifs is 1. The third-order valence-electron chi connectivity index (χ3n) is 3.67. The molecule has 0 bridgehead atoms. The molecule has 21 heavy (non-hydrogen) atoms. The van der Waals surface area contributed by atoms with E-state index in [1.54, 1.807) is 0 Å². The maximum atomic E-state index is 13.2. The van der Waals surface area contributed by atoms with Crippen LogP contribution in [0.1, 0.15) is 24.2 Å². The molecule has 0 amide bonds. The van der Waals surface area contributed by atoms with Crippen LogP contribution in [0.4, 0.5) is 4.39 Å². The normalized spacial score (nSPS) is 12.7. The molecule has 1 aromatic heterocycles. The molecule has 1 N–H and O–H groups in total. The van der Waals surface area contributed by atoms with E-state index in [2.05, 4.69) is 29.5 Å². The van der Waals surface area contributed by atoms with E-state index in [0.29, 0.717) is 0 Å². The highest BCUT2D eigenvalue weighted by Crippen LogP contribution is 2.28. The van der Waals surface area contributed by atoms with E-state index in [1.807, 2.05) is 36.0 Å². The lowest BCUT2D eigenvalue weighted by molar-refractivity contribution is 0.597. The quantitative estimate of drug-likeness (QED) is 0.795. The fraction of sp³-hybridized carbons (Fsp3) is 0.235. The fourth-order valence-corrected chi connectivity index (χ4v) is 2.69. The van der Waals surface area contributed by atoms with E-state index >= 15 is 0 Å². The average molecular weight is 283 g/mol. The molecule has 1 atom stereocenters. The van der Waals surface area contributed by atoms with Gasteiger partial charge in [-0.25, -0.2) is 4.39 Å². The first-order valence-corrected chi connectivity index (χ1v) is 7.11. The number of nitrogens with zero attached hydrogens (tertiary/aromatic N) is 2. The minimum absolute atomic E-state index is 0.0401. The van der Waals surface area contributed by atoms with Crippen molar-refractivity contribution in [1.82, 2.24) is 15.1 Å². The Labute approximate surface area is 123 Å². The molecule has 0 saturated heterocycles. The van der Waals surface area contributed by atoms with Gasteiger partial charge in [-0.3, -0.25) is 4.68 Å². The van der Waals surface area contributed by atoms with Gasteiger partial charge in [0.25, 0.3) is 0 Å². The van der Waals surface area contributed by atoms with Crippen LogP contribution in [0.15, 0.2) is 48.5 Å². The van der Waals surface area contributed by atoms with Crippen molar-refractivity contribution in [3.63, 3.8) is 0 Å². The number of para-hydroxylation sites is 1. The van der Waals surface area contributed by atoms with Crippen LogP contribution in [-0.2, 0) is 7.05 Å². The Morgan fingerprint density at radius 2 is 1.86 bits per heavy atom. The Balaban J connectivity index is 2.13. The second kappa shape index (κ2) is 5.66. The van der Waals surface area contributed by atoms with Gasteiger partial charge in [0, 0.05) is 12.4 Å². The van der Waals surface area contributed by atoms with Crippen LogP contribution in [0.3, 0.4) is 0 Å². The number of benzene rings is 2. The summed E-state index contributed by atoms with van der Waals surface area (Å²) in [5.41, 5.74) is 3.08. The Bertz CT molecular complexity index is 746. The number of rotatable bonds is 4. The number of hydrogen-bond donors (Lipinski definition) is 1. The third kappa shape index (κ3) is 2.54. The summed E-state index contributed by atoms with van der Waals surface area (Å²) in [6.45, 7) is 2.87. The summed E-state index contributed by atoms with van der Waals surface area (Å²) >= 11 is 0. The maximum Gasteiger partial charge on any atom is 0.123 e. The monoisotopic (exact) mass is 283 g/mol. The Hall–Kier alpha value is -2.20. The number of hydrogen-bond acceptors (Lipinski definition) is 2. The van der Waals surface area contributed by atoms with Gasteiger partial charge in [-0.2, -0.15) is 5.10 Å². The second-order valence-corrected chi connectivity index (χ2v) is 5.07. The van der Waals surface area contributed by atoms with E-state index in [0.717, 1.165) is 28.7 Å². The molecule has 108 valence electrons. The molecular formula is C17H18FN3. The van der Waals surface area contributed by atoms with Crippen LogP contribution in [-0.4, -0.2) is 16.3 Å². The van der Waals surface area contributed by atoms with E-state index in [-0.39, 0.29) is 11.9 Å². The van der Waals surface area contributed by atoms with E-state index in [1.165, 1.54) is 12.1 Å². The van der Waals surface area contributed by atoms with Crippen molar-refractivity contribution in [2.75, 3.05) is 6.54 Å². The van der Waals surface area contributed by atoms with Gasteiger partial charge in [0.05, 0.1) is 17.3 Å². The Morgan fingerprint density at radius 3 is 2.57 bits per heavy atom. The van der Waals surface area contributed by atoms with Crippen molar-refractivity contribution < 1.29 is 4.39 Å². The molecule has 0 spiro atoms. The van der Waals surface area contributed by atoms with Crippen LogP contribution < -0.4 is 5.32 Å². The summed E-state index contributed by atoms with van der Waals surface area (Å²) < 4.78 is 15.0. The largest absolute Gasteiger partial charge is 0.305 e. The highest BCUT2D eigenvalue weighted by atomic mass is 19.1. The molecule has 3 nitrogen and oxygen atoms in total.